The van der Waals surface area contributed by atoms with E-state index < -0.39 is 0 Å². The fourth-order valence-corrected chi connectivity index (χ4v) is 4.31. The Morgan fingerprint density at radius 1 is 1.00 bits per heavy atom. The van der Waals surface area contributed by atoms with Crippen LogP contribution in [-0.2, 0) is 0 Å². The van der Waals surface area contributed by atoms with Crippen LogP contribution in [0.15, 0.2) is 6.07 Å². The second-order valence-electron chi connectivity index (χ2n) is 9.60. The number of piperidine rings is 2. The van der Waals surface area contributed by atoms with Crippen LogP contribution in [-0.4, -0.2) is 46.8 Å². The van der Waals surface area contributed by atoms with E-state index in [0.29, 0.717) is 17.0 Å². The zero-order chi connectivity index (χ0) is 20.3. The first kappa shape index (κ1) is 21.1. The molecule has 7 heteroatoms. The number of thiocarbonyl (C=S) groups is 1. The summed E-state index contributed by atoms with van der Waals surface area (Å²) >= 11 is 5.49. The summed E-state index contributed by atoms with van der Waals surface area (Å²) in [5.74, 6) is 4.10. The van der Waals surface area contributed by atoms with Gasteiger partial charge in [-0.2, -0.15) is 9.97 Å². The molecule has 28 heavy (non-hydrogen) atoms. The SMILES string of the molecule is CC1CCN(c2cc(N3CCCC(C)C3)nc(NC(=S)NC(C)(C)C)n2)CC1. The standard InChI is InChI=1S/C21H36N6S/c1-15-8-11-26(12-9-15)17-13-18(27-10-6-7-16(2)14-27)23-19(22-17)24-20(28)25-21(3,4)5/h13,15-16H,6-12,14H2,1-5H3,(H2,22,23,24,25,28). The Morgan fingerprint density at radius 2 is 1.64 bits per heavy atom. The summed E-state index contributed by atoms with van der Waals surface area (Å²) < 4.78 is 0. The maximum Gasteiger partial charge on any atom is 0.232 e. The van der Waals surface area contributed by atoms with Gasteiger partial charge in [-0.1, -0.05) is 13.8 Å². The zero-order valence-electron chi connectivity index (χ0n) is 18.1. The highest BCUT2D eigenvalue weighted by molar-refractivity contribution is 7.80. The Bertz CT molecular complexity index is 678. The van der Waals surface area contributed by atoms with Crippen molar-refractivity contribution in [3.63, 3.8) is 0 Å². The third-order valence-electron chi connectivity index (χ3n) is 5.50. The first-order valence-electron chi connectivity index (χ1n) is 10.7. The molecule has 0 radical (unpaired) electrons. The minimum absolute atomic E-state index is 0.101. The van der Waals surface area contributed by atoms with Crippen LogP contribution in [0.1, 0.15) is 60.3 Å². The minimum atomic E-state index is -0.101. The van der Waals surface area contributed by atoms with Crippen molar-refractivity contribution in [1.82, 2.24) is 15.3 Å². The number of nitrogens with one attached hydrogen (secondary N) is 2. The maximum atomic E-state index is 5.49. The van der Waals surface area contributed by atoms with E-state index in [1.165, 1.54) is 25.7 Å². The van der Waals surface area contributed by atoms with Crippen LogP contribution in [0.4, 0.5) is 17.6 Å². The van der Waals surface area contributed by atoms with Crippen LogP contribution in [0.3, 0.4) is 0 Å². The van der Waals surface area contributed by atoms with Crippen molar-refractivity contribution in [2.75, 3.05) is 41.3 Å². The first-order chi connectivity index (χ1) is 13.2. The topological polar surface area (TPSA) is 56.3 Å². The lowest BCUT2D eigenvalue weighted by Crippen LogP contribution is -2.43. The van der Waals surface area contributed by atoms with Crippen molar-refractivity contribution in [1.29, 1.82) is 0 Å². The van der Waals surface area contributed by atoms with Gasteiger partial charge in [-0.15, -0.1) is 0 Å². The van der Waals surface area contributed by atoms with Crippen LogP contribution in [0.25, 0.3) is 0 Å². The van der Waals surface area contributed by atoms with Crippen molar-refractivity contribution in [2.45, 2.75) is 65.8 Å². The van der Waals surface area contributed by atoms with Gasteiger partial charge in [0.25, 0.3) is 0 Å². The van der Waals surface area contributed by atoms with Gasteiger partial charge in [0.15, 0.2) is 5.11 Å². The lowest BCUT2D eigenvalue weighted by molar-refractivity contribution is 0.435. The van der Waals surface area contributed by atoms with Crippen molar-refractivity contribution >= 4 is 34.9 Å². The minimum Gasteiger partial charge on any atom is -0.358 e. The molecular formula is C21H36N6S. The highest BCUT2D eigenvalue weighted by atomic mass is 32.1. The molecule has 0 bridgehead atoms. The molecule has 1 unspecified atom stereocenters. The molecule has 0 aliphatic carbocycles. The fourth-order valence-electron chi connectivity index (χ4n) is 3.91. The summed E-state index contributed by atoms with van der Waals surface area (Å²) in [7, 11) is 0. The third kappa shape index (κ3) is 5.93. The van der Waals surface area contributed by atoms with E-state index in [2.05, 4.69) is 61.1 Å². The lowest BCUT2D eigenvalue weighted by atomic mass is 9.99. The predicted octanol–water partition coefficient (Wildman–Crippen LogP) is 4.03. The van der Waals surface area contributed by atoms with E-state index in [-0.39, 0.29) is 5.54 Å². The second-order valence-corrected chi connectivity index (χ2v) is 10.0. The summed E-state index contributed by atoms with van der Waals surface area (Å²) in [6.07, 6.45) is 4.94. The van der Waals surface area contributed by atoms with Gasteiger partial charge >= 0.3 is 0 Å². The van der Waals surface area contributed by atoms with Gasteiger partial charge in [0.2, 0.25) is 5.95 Å². The van der Waals surface area contributed by atoms with Gasteiger partial charge in [0.05, 0.1) is 0 Å². The van der Waals surface area contributed by atoms with E-state index in [1.54, 1.807) is 0 Å². The average Bonchev–Trinajstić information content (AvgIpc) is 2.60. The van der Waals surface area contributed by atoms with Crippen LogP contribution in [0, 0.1) is 11.8 Å². The van der Waals surface area contributed by atoms with Gasteiger partial charge < -0.3 is 20.4 Å². The maximum absolute atomic E-state index is 5.49. The van der Waals surface area contributed by atoms with Gasteiger partial charge in [-0.05, 0) is 70.5 Å². The Labute approximate surface area is 175 Å². The monoisotopic (exact) mass is 404 g/mol. The van der Waals surface area contributed by atoms with Crippen LogP contribution < -0.4 is 20.4 Å². The van der Waals surface area contributed by atoms with Gasteiger partial charge in [-0.25, -0.2) is 0 Å². The molecule has 2 aliphatic heterocycles. The zero-order valence-corrected chi connectivity index (χ0v) is 18.9. The fraction of sp³-hybridized carbons (Fsp3) is 0.762. The van der Waals surface area contributed by atoms with Crippen molar-refractivity contribution in [2.24, 2.45) is 11.8 Å². The largest absolute Gasteiger partial charge is 0.358 e. The van der Waals surface area contributed by atoms with Crippen LogP contribution in [0.2, 0.25) is 0 Å². The molecule has 2 N–H and O–H groups in total. The Hall–Kier alpha value is -1.63. The molecule has 2 fully saturated rings. The molecule has 156 valence electrons. The summed E-state index contributed by atoms with van der Waals surface area (Å²) in [6, 6.07) is 2.17. The summed E-state index contributed by atoms with van der Waals surface area (Å²) in [4.78, 5) is 14.4. The van der Waals surface area contributed by atoms with E-state index in [9.17, 15) is 0 Å². The van der Waals surface area contributed by atoms with Crippen molar-refractivity contribution in [3.05, 3.63) is 6.07 Å². The first-order valence-corrected chi connectivity index (χ1v) is 11.1. The van der Waals surface area contributed by atoms with Crippen molar-refractivity contribution in [3.8, 4) is 0 Å². The summed E-state index contributed by atoms with van der Waals surface area (Å²) in [5, 5.41) is 7.08. The summed E-state index contributed by atoms with van der Waals surface area (Å²) in [6.45, 7) is 15.1. The smallest absolute Gasteiger partial charge is 0.232 e. The number of aromatic nitrogens is 2. The van der Waals surface area contributed by atoms with Gasteiger partial charge in [0.1, 0.15) is 11.6 Å². The highest BCUT2D eigenvalue weighted by Gasteiger charge is 2.23. The molecule has 1 atom stereocenters. The van der Waals surface area contributed by atoms with E-state index in [1.807, 2.05) is 0 Å². The molecule has 1 aromatic rings. The molecule has 2 aliphatic rings. The number of hydrogen-bond donors (Lipinski definition) is 2. The Morgan fingerprint density at radius 3 is 2.25 bits per heavy atom. The highest BCUT2D eigenvalue weighted by Crippen LogP contribution is 2.28. The molecule has 0 aromatic carbocycles. The van der Waals surface area contributed by atoms with Gasteiger partial charge in [-0.3, -0.25) is 0 Å². The molecular weight excluding hydrogens is 368 g/mol. The van der Waals surface area contributed by atoms with Gasteiger partial charge in [0, 0.05) is 37.8 Å². The number of anilines is 3. The molecule has 3 heterocycles. The molecule has 1 aromatic heterocycles. The van der Waals surface area contributed by atoms with E-state index in [0.717, 1.165) is 43.7 Å². The number of rotatable bonds is 3. The molecule has 0 saturated carbocycles. The predicted molar refractivity (Wildman–Crippen MR) is 122 cm³/mol. The normalized spacial score (nSPS) is 21.5. The lowest BCUT2D eigenvalue weighted by Gasteiger charge is -2.34. The Balaban J connectivity index is 1.84. The van der Waals surface area contributed by atoms with E-state index >= 15 is 0 Å². The van der Waals surface area contributed by atoms with Crippen molar-refractivity contribution < 1.29 is 0 Å². The third-order valence-corrected chi connectivity index (χ3v) is 5.71. The average molecular weight is 405 g/mol. The number of nitrogens with zero attached hydrogens (tertiary/aromatic N) is 4. The summed E-state index contributed by atoms with van der Waals surface area (Å²) in [5.41, 5.74) is -0.101. The molecule has 2 saturated heterocycles. The second kappa shape index (κ2) is 8.80. The number of hydrogen-bond acceptors (Lipinski definition) is 5. The van der Waals surface area contributed by atoms with Crippen LogP contribution >= 0.6 is 12.2 Å². The molecule has 0 spiro atoms. The molecule has 6 nitrogen and oxygen atoms in total. The van der Waals surface area contributed by atoms with Crippen LogP contribution in [0.5, 0.6) is 0 Å². The molecule has 0 amide bonds. The Kier molecular flexibility index (Phi) is 6.63. The quantitative estimate of drug-likeness (QED) is 0.738. The molecule has 3 rings (SSSR count). The van der Waals surface area contributed by atoms with E-state index in [4.69, 9.17) is 22.2 Å².